The fourth-order valence-corrected chi connectivity index (χ4v) is 11.6. The fourth-order valence-electron chi connectivity index (χ4n) is 11.6. The summed E-state index contributed by atoms with van der Waals surface area (Å²) < 4.78 is 24.9. The molecule has 1 spiro atoms. The Labute approximate surface area is 459 Å². The number of para-hydroxylation sites is 1. The van der Waals surface area contributed by atoms with Gasteiger partial charge in [-0.1, -0.05) is 78.0 Å². The van der Waals surface area contributed by atoms with Crippen LogP contribution in [-0.4, -0.2) is 149 Å². The minimum atomic E-state index is -1.55. The number of esters is 1. The average molecular weight is 1080 g/mol. The fraction of sp³-hybridized carbons (Fsp3) is 0.567. The molecule has 6 aliphatic heterocycles. The van der Waals surface area contributed by atoms with E-state index in [9.17, 15) is 39.3 Å². The molecule has 7 aliphatic rings. The van der Waals surface area contributed by atoms with Crippen molar-refractivity contribution in [3.63, 3.8) is 0 Å². The predicted octanol–water partition coefficient (Wildman–Crippen LogP) is 6.75. The second kappa shape index (κ2) is 24.8. The highest BCUT2D eigenvalue weighted by Crippen LogP contribution is 2.46. The highest BCUT2D eigenvalue weighted by atomic mass is 16.7. The summed E-state index contributed by atoms with van der Waals surface area (Å²) in [6.45, 7) is 20.8. The smallest absolute Gasteiger partial charge is 0.315 e. The number of carbonyl (C=O) groups excluding carboxylic acids is 5. The Morgan fingerprint density at radius 2 is 1.60 bits per heavy atom. The number of nitrogens with one attached hydrogen (secondary N) is 2. The van der Waals surface area contributed by atoms with Crippen LogP contribution in [0.3, 0.4) is 0 Å². The number of ketones is 1. The van der Waals surface area contributed by atoms with Crippen molar-refractivity contribution in [1.29, 1.82) is 0 Å². The minimum Gasteiger partial charge on any atom is -0.507 e. The lowest BCUT2D eigenvalue weighted by molar-refractivity contribution is -0.165. The van der Waals surface area contributed by atoms with E-state index in [0.717, 1.165) is 25.1 Å². The van der Waals surface area contributed by atoms with E-state index in [-0.39, 0.29) is 62.6 Å². The van der Waals surface area contributed by atoms with Crippen molar-refractivity contribution in [3.8, 4) is 11.5 Å². The van der Waals surface area contributed by atoms with Crippen molar-refractivity contribution in [2.45, 2.75) is 143 Å². The van der Waals surface area contributed by atoms with Crippen molar-refractivity contribution in [2.24, 2.45) is 34.6 Å². The topological polar surface area (TPSA) is 229 Å². The molecule has 18 heteroatoms. The molecule has 0 radical (unpaired) electrons. The first kappa shape index (κ1) is 59.3. The number of Topliss-reactive ketones (excluding diaryl/α,β-unsaturated/α-hetero) is 1. The standard InChI is InChI=1S/C60H82N6O12/c1-34(2)32-65-28-24-60(25-29-65)62-49-47-43(33-67)57-40(8)54(72)48(47)55(73)51(50(49)63-60)61-58(74)36(4)18-16-17-35(3)52(70)38(6)53(71)39(7)56(37(5)44(75-12)23-30-76-59(9,10)78-57)77-46(69)31-45(68)66-26-21-42(22-27-66)64(11)41-19-14-13-15-20-41/h13-20,23,30,33-35,37-39,42,44,52-53,56,63,70-72H,21-22,24-29,31-32H2,1-12H3,(H,61,74)/b17-16+,30-23+,36-18-/t35-,37+,38+,39+,44-,52-,53+,56+/m0/s1. The number of piperidine rings is 2. The van der Waals surface area contributed by atoms with Gasteiger partial charge in [0.05, 0.1) is 47.1 Å². The maximum absolute atomic E-state index is 14.8. The van der Waals surface area contributed by atoms with E-state index < -0.39 is 89.4 Å². The maximum atomic E-state index is 14.8. The first-order valence-corrected chi connectivity index (χ1v) is 27.5. The van der Waals surface area contributed by atoms with Crippen LogP contribution in [0.15, 0.2) is 82.9 Å². The summed E-state index contributed by atoms with van der Waals surface area (Å²) in [6.07, 6.45) is 6.16. The molecule has 78 heavy (non-hydrogen) atoms. The summed E-state index contributed by atoms with van der Waals surface area (Å²) in [5, 5.41) is 42.1. The molecule has 2 saturated heterocycles. The molecule has 4 bridgehead atoms. The molecule has 0 saturated carbocycles. The number of fused-ring (bicyclic) bond motifs is 1. The number of amides is 2. The largest absolute Gasteiger partial charge is 0.507 e. The third-order valence-corrected chi connectivity index (χ3v) is 16.4. The second-order valence-corrected chi connectivity index (χ2v) is 22.9. The van der Waals surface area contributed by atoms with Crippen LogP contribution in [0.1, 0.15) is 126 Å². The maximum Gasteiger partial charge on any atom is 0.315 e. The van der Waals surface area contributed by atoms with Crippen LogP contribution in [0.2, 0.25) is 0 Å². The summed E-state index contributed by atoms with van der Waals surface area (Å²) in [7, 11) is 3.51. The third-order valence-electron chi connectivity index (χ3n) is 16.4. The number of allylic oxidation sites excluding steroid dienone is 4. The number of aliphatic imine (C=N–C) groups is 1. The zero-order valence-electron chi connectivity index (χ0n) is 47.5. The molecule has 0 aromatic heterocycles. The number of hydrogen-bond acceptors (Lipinski definition) is 16. The number of aromatic hydroxyl groups is 1. The molecular weight excluding hydrogens is 997 g/mol. The molecule has 0 unspecified atom stereocenters. The molecule has 424 valence electrons. The Morgan fingerprint density at radius 1 is 0.936 bits per heavy atom. The van der Waals surface area contributed by atoms with Crippen LogP contribution >= 0.6 is 0 Å². The van der Waals surface area contributed by atoms with Crippen LogP contribution < -0.4 is 20.3 Å². The number of aldehydes is 1. The number of aliphatic hydroxyl groups is 2. The number of likely N-dealkylation sites (tertiary alicyclic amines) is 2. The van der Waals surface area contributed by atoms with Gasteiger partial charge in [-0.25, -0.2) is 0 Å². The zero-order valence-corrected chi connectivity index (χ0v) is 47.5. The van der Waals surface area contributed by atoms with Gasteiger partial charge in [0.25, 0.3) is 5.91 Å². The number of phenolic OH excluding ortho intramolecular Hbond substituents is 1. The van der Waals surface area contributed by atoms with Crippen LogP contribution in [0.5, 0.6) is 11.5 Å². The normalized spacial score (nSPS) is 28.7. The van der Waals surface area contributed by atoms with E-state index in [1.54, 1.807) is 77.7 Å². The van der Waals surface area contributed by atoms with Gasteiger partial charge in [-0.3, -0.25) is 29.0 Å². The molecular formula is C60H82N6O12. The molecule has 2 amide bonds. The zero-order chi connectivity index (χ0) is 57.0. The Kier molecular flexibility index (Phi) is 18.8. The number of ether oxygens (including phenoxy) is 4. The first-order valence-electron chi connectivity index (χ1n) is 27.5. The Bertz CT molecular complexity index is 2720. The Hall–Kier alpha value is -6.34. The number of hydrogen-bond donors (Lipinski definition) is 5. The number of phenols is 1. The molecule has 18 nitrogen and oxygen atoms in total. The SMILES string of the molecule is CO[C@H]1/C=C/OC(C)(C)Oc2c(C)c(O)c3c(c2C=O)C2=NC4(CCN(CC(C)C)CC4)NC2=C(NC(=O)/C(C)=C\C=C\[C@H](C)[C@H](O)[C@@H](C)[C@@H](O)[C@@H](C)[C@H](OC(=O)CC(=O)N2CCC(N(C)c4ccccc4)CC2)[C@@H]1C)C3=O. The highest BCUT2D eigenvalue weighted by Gasteiger charge is 2.48. The van der Waals surface area contributed by atoms with Gasteiger partial charge in [-0.05, 0) is 50.8 Å². The molecule has 2 aromatic rings. The van der Waals surface area contributed by atoms with Crippen molar-refractivity contribution in [3.05, 3.63) is 100 Å². The minimum absolute atomic E-state index is 0.0523. The van der Waals surface area contributed by atoms with Crippen molar-refractivity contribution in [2.75, 3.05) is 51.8 Å². The number of benzene rings is 2. The lowest BCUT2D eigenvalue weighted by Gasteiger charge is -2.39. The van der Waals surface area contributed by atoms with E-state index in [1.807, 2.05) is 37.4 Å². The molecule has 8 atom stereocenters. The van der Waals surface area contributed by atoms with Crippen molar-refractivity contribution < 1.29 is 58.2 Å². The van der Waals surface area contributed by atoms with E-state index in [2.05, 4.69) is 34.3 Å². The molecule has 9 rings (SSSR count). The van der Waals surface area contributed by atoms with Gasteiger partial charge in [-0.2, -0.15) is 0 Å². The summed E-state index contributed by atoms with van der Waals surface area (Å²) in [4.78, 5) is 81.4. The molecule has 1 aliphatic carbocycles. The van der Waals surface area contributed by atoms with E-state index in [4.69, 9.17) is 23.9 Å². The molecule has 6 heterocycles. The summed E-state index contributed by atoms with van der Waals surface area (Å²) in [5.41, 5.74) is 0.588. The molecule has 5 N–H and O–H groups in total. The number of aliphatic hydroxyl groups excluding tert-OH is 2. The Balaban J connectivity index is 1.21. The average Bonchev–Trinajstić information content (AvgIpc) is 3.79. The third kappa shape index (κ3) is 12.9. The van der Waals surface area contributed by atoms with Crippen LogP contribution in [0.4, 0.5) is 5.69 Å². The molecule has 2 fully saturated rings. The summed E-state index contributed by atoms with van der Waals surface area (Å²) in [6, 6.07) is 10.3. The van der Waals surface area contributed by atoms with Crippen LogP contribution in [-0.2, 0) is 28.6 Å². The highest BCUT2D eigenvalue weighted by molar-refractivity contribution is 6.33. The number of anilines is 1. The summed E-state index contributed by atoms with van der Waals surface area (Å²) in [5.74, 6) is -6.93. The van der Waals surface area contributed by atoms with E-state index in [0.29, 0.717) is 51.2 Å². The number of carbonyl (C=O) groups is 5. The number of methoxy groups -OCH3 is 1. The predicted molar refractivity (Wildman–Crippen MR) is 297 cm³/mol. The van der Waals surface area contributed by atoms with Gasteiger partial charge in [0.1, 0.15) is 35.4 Å². The van der Waals surface area contributed by atoms with Crippen LogP contribution in [0.25, 0.3) is 0 Å². The van der Waals surface area contributed by atoms with E-state index >= 15 is 0 Å². The van der Waals surface area contributed by atoms with Crippen molar-refractivity contribution in [1.82, 2.24) is 20.4 Å². The Morgan fingerprint density at radius 3 is 2.23 bits per heavy atom. The van der Waals surface area contributed by atoms with Crippen molar-refractivity contribution >= 4 is 41.3 Å². The van der Waals surface area contributed by atoms with Crippen LogP contribution in [0, 0.1) is 36.5 Å². The monoisotopic (exact) mass is 1080 g/mol. The number of rotatable bonds is 9. The van der Waals surface area contributed by atoms with Gasteiger partial charge in [-0.15, -0.1) is 0 Å². The second-order valence-electron chi connectivity index (χ2n) is 22.9. The summed E-state index contributed by atoms with van der Waals surface area (Å²) >= 11 is 0. The van der Waals surface area contributed by atoms with Gasteiger partial charge in [0.2, 0.25) is 17.5 Å². The molecule has 2 aromatic carbocycles. The quantitative estimate of drug-likeness (QED) is 0.0994. The van der Waals surface area contributed by atoms with Gasteiger partial charge in [0.15, 0.2) is 6.29 Å². The van der Waals surface area contributed by atoms with Gasteiger partial charge in [0, 0.05) is 126 Å². The van der Waals surface area contributed by atoms with Gasteiger partial charge < -0.3 is 59.6 Å². The van der Waals surface area contributed by atoms with Gasteiger partial charge >= 0.3 is 5.97 Å². The first-order chi connectivity index (χ1) is 36.9. The van der Waals surface area contributed by atoms with E-state index in [1.165, 1.54) is 20.3 Å². The number of nitrogens with zero attached hydrogens (tertiary/aromatic N) is 4. The lowest BCUT2D eigenvalue weighted by Crippen LogP contribution is -2.50. The lowest BCUT2D eigenvalue weighted by atomic mass is 9.78.